The summed E-state index contributed by atoms with van der Waals surface area (Å²) >= 11 is 0. The number of furan rings is 2. The first-order valence-electron chi connectivity index (χ1n) is 9.62. The summed E-state index contributed by atoms with van der Waals surface area (Å²) in [5, 5.41) is 8.66. The van der Waals surface area contributed by atoms with Crippen LogP contribution >= 0.6 is 0 Å². The summed E-state index contributed by atoms with van der Waals surface area (Å²) in [6.45, 7) is 3.01. The van der Waals surface area contributed by atoms with Crippen LogP contribution in [-0.2, 0) is 9.53 Å². The van der Waals surface area contributed by atoms with Crippen molar-refractivity contribution in [3.05, 3.63) is 48.3 Å². The Morgan fingerprint density at radius 3 is 2.76 bits per heavy atom. The average Bonchev–Trinajstić information content (AvgIpc) is 3.48. The minimum atomic E-state index is -0.388. The highest BCUT2D eigenvalue weighted by molar-refractivity contribution is 6.01. The van der Waals surface area contributed by atoms with Crippen LogP contribution in [0.1, 0.15) is 37.3 Å². The molecular weight excluding hydrogens is 376 g/mol. The van der Waals surface area contributed by atoms with E-state index < -0.39 is 0 Å². The van der Waals surface area contributed by atoms with E-state index in [1.807, 2.05) is 13.0 Å². The molecule has 0 bridgehead atoms. The predicted octanol–water partition coefficient (Wildman–Crippen LogP) is 2.62. The van der Waals surface area contributed by atoms with E-state index in [0.29, 0.717) is 43.3 Å². The molecule has 2 aromatic rings. The minimum Gasteiger partial charge on any atom is -0.467 e. The number of ether oxygens (including phenoxy) is 1. The molecule has 0 spiro atoms. The van der Waals surface area contributed by atoms with Crippen molar-refractivity contribution in [3.8, 4) is 0 Å². The smallest absolute Gasteiger partial charge is 0.317 e. The van der Waals surface area contributed by atoms with Gasteiger partial charge in [0.25, 0.3) is 5.91 Å². The number of nitrogens with one attached hydrogen (secondary N) is 1. The molecule has 1 atom stereocenters. The van der Waals surface area contributed by atoms with Crippen molar-refractivity contribution >= 4 is 17.6 Å². The molecular formula is C20H26N4O5. The maximum Gasteiger partial charge on any atom is 0.317 e. The second-order valence-corrected chi connectivity index (χ2v) is 6.64. The van der Waals surface area contributed by atoms with Crippen molar-refractivity contribution in [3.63, 3.8) is 0 Å². The van der Waals surface area contributed by atoms with Gasteiger partial charge in [-0.15, -0.1) is 0 Å². The predicted molar refractivity (Wildman–Crippen MR) is 105 cm³/mol. The lowest BCUT2D eigenvalue weighted by molar-refractivity contribution is -0.134. The zero-order valence-corrected chi connectivity index (χ0v) is 16.7. The molecule has 0 saturated heterocycles. The Balaban J connectivity index is 1.77. The van der Waals surface area contributed by atoms with E-state index in [-0.39, 0.29) is 24.5 Å². The van der Waals surface area contributed by atoms with Crippen molar-refractivity contribution in [2.24, 2.45) is 5.10 Å². The molecule has 2 aromatic heterocycles. The zero-order chi connectivity index (χ0) is 20.6. The van der Waals surface area contributed by atoms with E-state index in [2.05, 4.69) is 10.4 Å². The van der Waals surface area contributed by atoms with Gasteiger partial charge in [-0.3, -0.25) is 4.79 Å². The number of rotatable bonds is 9. The third kappa shape index (κ3) is 5.05. The molecule has 0 fully saturated rings. The fourth-order valence-electron chi connectivity index (χ4n) is 3.07. The molecule has 1 N–H and O–H groups in total. The minimum absolute atomic E-state index is 0.120. The zero-order valence-electron chi connectivity index (χ0n) is 16.7. The second kappa shape index (κ2) is 9.92. The Hall–Kier alpha value is -3.07. The molecule has 1 aliphatic rings. The van der Waals surface area contributed by atoms with Crippen LogP contribution in [0.4, 0.5) is 4.79 Å². The monoisotopic (exact) mass is 402 g/mol. The Morgan fingerprint density at radius 1 is 1.31 bits per heavy atom. The van der Waals surface area contributed by atoms with Gasteiger partial charge in [0.2, 0.25) is 0 Å². The van der Waals surface area contributed by atoms with E-state index in [4.69, 9.17) is 13.6 Å². The first kappa shape index (κ1) is 20.7. The molecule has 3 heterocycles. The Labute approximate surface area is 169 Å². The highest BCUT2D eigenvalue weighted by Gasteiger charge is 2.36. The average molecular weight is 402 g/mol. The summed E-state index contributed by atoms with van der Waals surface area (Å²) in [4.78, 5) is 27.0. The van der Waals surface area contributed by atoms with E-state index in [0.717, 1.165) is 6.42 Å². The Bertz CT molecular complexity index is 816. The molecule has 0 radical (unpaired) electrons. The number of urea groups is 1. The number of carbonyl (C=O) groups excluding carboxylic acids is 2. The normalized spacial score (nSPS) is 16.0. The molecule has 9 nitrogen and oxygen atoms in total. The van der Waals surface area contributed by atoms with E-state index in [1.54, 1.807) is 37.8 Å². The van der Waals surface area contributed by atoms with Crippen LogP contribution in [0.15, 0.2) is 50.7 Å². The van der Waals surface area contributed by atoms with Gasteiger partial charge in [-0.25, -0.2) is 9.80 Å². The van der Waals surface area contributed by atoms with Gasteiger partial charge < -0.3 is 23.8 Å². The number of nitrogens with zero attached hydrogens (tertiary/aromatic N) is 3. The first-order chi connectivity index (χ1) is 14.1. The molecule has 29 heavy (non-hydrogen) atoms. The highest BCUT2D eigenvalue weighted by Crippen LogP contribution is 2.33. The maximum atomic E-state index is 13.1. The van der Waals surface area contributed by atoms with Crippen molar-refractivity contribution in [1.29, 1.82) is 0 Å². The molecule has 156 valence electrons. The lowest BCUT2D eigenvalue weighted by atomic mass is 10.1. The molecule has 9 heteroatoms. The van der Waals surface area contributed by atoms with Gasteiger partial charge in [0.15, 0.2) is 0 Å². The van der Waals surface area contributed by atoms with Crippen LogP contribution in [0.25, 0.3) is 0 Å². The molecule has 0 unspecified atom stereocenters. The topological polar surface area (TPSA) is 101 Å². The standard InChI is InChI=1S/C20H26N4O5/c1-3-8-21-20(26)23(9-12-27-2)14-19(25)24-16(18-7-5-11-29-18)13-15(22-24)17-6-4-10-28-17/h4-7,10-11,16H,3,8-9,12-14H2,1-2H3,(H,21,26)/t16-/m1/s1. The molecule has 1 aliphatic heterocycles. The molecule has 3 amide bonds. The Morgan fingerprint density at radius 2 is 2.10 bits per heavy atom. The van der Waals surface area contributed by atoms with Crippen LogP contribution in [-0.4, -0.2) is 60.9 Å². The summed E-state index contributed by atoms with van der Waals surface area (Å²) in [5.74, 6) is 0.923. The highest BCUT2D eigenvalue weighted by atomic mass is 16.5. The lowest BCUT2D eigenvalue weighted by Crippen LogP contribution is -2.47. The van der Waals surface area contributed by atoms with Crippen LogP contribution in [0.5, 0.6) is 0 Å². The van der Waals surface area contributed by atoms with Gasteiger partial charge in [-0.1, -0.05) is 6.92 Å². The number of methoxy groups -OCH3 is 1. The quantitative estimate of drug-likeness (QED) is 0.695. The summed E-state index contributed by atoms with van der Waals surface area (Å²) in [5.41, 5.74) is 0.656. The maximum absolute atomic E-state index is 13.1. The molecule has 0 aliphatic carbocycles. The molecule has 3 rings (SSSR count). The number of carbonyl (C=O) groups is 2. The SMILES string of the molecule is CCCNC(=O)N(CCOC)CC(=O)N1N=C(c2ccco2)C[C@@H]1c1ccco1. The summed E-state index contributed by atoms with van der Waals surface area (Å²) in [6, 6.07) is 6.46. The number of hydrogen-bond donors (Lipinski definition) is 1. The van der Waals surface area contributed by atoms with Crippen LogP contribution < -0.4 is 5.32 Å². The second-order valence-electron chi connectivity index (χ2n) is 6.64. The Kier molecular flexibility index (Phi) is 7.07. The van der Waals surface area contributed by atoms with Gasteiger partial charge in [0.05, 0.1) is 19.1 Å². The first-order valence-corrected chi connectivity index (χ1v) is 9.62. The van der Waals surface area contributed by atoms with Crippen LogP contribution in [0, 0.1) is 0 Å². The van der Waals surface area contributed by atoms with Crippen molar-refractivity contribution in [1.82, 2.24) is 15.2 Å². The van der Waals surface area contributed by atoms with Gasteiger partial charge in [-0.05, 0) is 30.7 Å². The fraction of sp³-hybridized carbons (Fsp3) is 0.450. The summed E-state index contributed by atoms with van der Waals surface area (Å²) in [7, 11) is 1.55. The summed E-state index contributed by atoms with van der Waals surface area (Å²) < 4.78 is 16.0. The molecule has 0 saturated carbocycles. The van der Waals surface area contributed by atoms with E-state index >= 15 is 0 Å². The van der Waals surface area contributed by atoms with Crippen LogP contribution in [0.3, 0.4) is 0 Å². The fourth-order valence-corrected chi connectivity index (χ4v) is 3.07. The van der Waals surface area contributed by atoms with Gasteiger partial charge in [0.1, 0.15) is 29.8 Å². The van der Waals surface area contributed by atoms with Gasteiger partial charge >= 0.3 is 6.03 Å². The third-order valence-corrected chi connectivity index (χ3v) is 4.55. The van der Waals surface area contributed by atoms with Crippen molar-refractivity contribution in [2.45, 2.75) is 25.8 Å². The third-order valence-electron chi connectivity index (χ3n) is 4.55. The van der Waals surface area contributed by atoms with Gasteiger partial charge in [-0.2, -0.15) is 5.10 Å². The largest absolute Gasteiger partial charge is 0.467 e. The van der Waals surface area contributed by atoms with E-state index in [1.165, 1.54) is 9.91 Å². The number of hydrazone groups is 1. The lowest BCUT2D eigenvalue weighted by Gasteiger charge is -2.26. The van der Waals surface area contributed by atoms with Crippen molar-refractivity contribution in [2.75, 3.05) is 33.4 Å². The van der Waals surface area contributed by atoms with Crippen molar-refractivity contribution < 1.29 is 23.2 Å². The molecule has 0 aromatic carbocycles. The van der Waals surface area contributed by atoms with Gasteiger partial charge in [0, 0.05) is 26.6 Å². The number of hydrogen-bond acceptors (Lipinski definition) is 6. The van der Waals surface area contributed by atoms with E-state index in [9.17, 15) is 9.59 Å². The number of amides is 3. The summed E-state index contributed by atoms with van der Waals surface area (Å²) in [6.07, 6.45) is 4.40. The van der Waals surface area contributed by atoms with Crippen LogP contribution in [0.2, 0.25) is 0 Å².